The van der Waals surface area contributed by atoms with E-state index in [1.165, 1.54) is 0 Å². The van der Waals surface area contributed by atoms with Gasteiger partial charge >= 0.3 is 0 Å². The number of ether oxygens (including phenoxy) is 1. The zero-order valence-electron chi connectivity index (χ0n) is 18.3. The number of rotatable bonds is 2. The van der Waals surface area contributed by atoms with E-state index in [1.54, 1.807) is 73.7 Å². The van der Waals surface area contributed by atoms with Crippen LogP contribution in [-0.4, -0.2) is 29.0 Å². The van der Waals surface area contributed by atoms with Crippen LogP contribution in [0.25, 0.3) is 0 Å². The van der Waals surface area contributed by atoms with Crippen molar-refractivity contribution in [1.29, 1.82) is 0 Å². The van der Waals surface area contributed by atoms with E-state index in [2.05, 4.69) is 0 Å². The highest BCUT2D eigenvalue weighted by atomic mass is 35.5. The molecular weight excluding hydrogens is 489 g/mol. The summed E-state index contributed by atoms with van der Waals surface area (Å²) >= 11 is 12.4. The molecule has 174 valence electrons. The zero-order chi connectivity index (χ0) is 24.6. The second-order valence-electron chi connectivity index (χ2n) is 8.92. The lowest BCUT2D eigenvalue weighted by molar-refractivity contribution is -0.127. The fraction of sp³-hybridized carbons (Fsp3) is 0.185. The maximum atomic E-state index is 13.9. The summed E-state index contributed by atoms with van der Waals surface area (Å²) in [5.74, 6) is -4.80. The van der Waals surface area contributed by atoms with Crippen LogP contribution in [0.4, 0.5) is 5.69 Å². The third-order valence-corrected chi connectivity index (χ3v) is 7.88. The molecule has 35 heavy (non-hydrogen) atoms. The summed E-state index contributed by atoms with van der Waals surface area (Å²) < 4.78 is 6.30. The Hall–Kier alpha value is -3.32. The lowest BCUT2D eigenvalue weighted by Gasteiger charge is -2.27. The van der Waals surface area contributed by atoms with E-state index in [-0.39, 0.29) is 11.1 Å². The second-order valence-corrected chi connectivity index (χ2v) is 9.77. The van der Waals surface area contributed by atoms with Gasteiger partial charge in [0.25, 0.3) is 0 Å². The summed E-state index contributed by atoms with van der Waals surface area (Å²) in [5, 5.41) is 0.888. The van der Waals surface area contributed by atoms with Crippen molar-refractivity contribution in [2.75, 3.05) is 4.90 Å². The maximum Gasteiger partial charge on any atom is 0.241 e. The number of nitrogens with zero attached hydrogens (tertiary/aromatic N) is 1. The van der Waals surface area contributed by atoms with Gasteiger partial charge in [0.1, 0.15) is 0 Å². The minimum Gasteiger partial charge on any atom is -0.349 e. The first-order valence-electron chi connectivity index (χ1n) is 11.0. The lowest BCUT2D eigenvalue weighted by atomic mass is 9.77. The highest BCUT2D eigenvalue weighted by Crippen LogP contribution is 2.58. The first-order valence-corrected chi connectivity index (χ1v) is 11.8. The van der Waals surface area contributed by atoms with E-state index < -0.39 is 46.9 Å². The fourth-order valence-corrected chi connectivity index (χ4v) is 5.88. The average molecular weight is 506 g/mol. The van der Waals surface area contributed by atoms with Crippen LogP contribution in [0.5, 0.6) is 0 Å². The molecule has 0 aromatic heterocycles. The van der Waals surface area contributed by atoms with Crippen molar-refractivity contribution in [3.05, 3.63) is 99.0 Å². The van der Waals surface area contributed by atoms with Crippen molar-refractivity contribution >= 4 is 52.3 Å². The van der Waals surface area contributed by atoms with Crippen molar-refractivity contribution in [2.45, 2.75) is 18.6 Å². The Labute approximate surface area is 210 Å². The van der Waals surface area contributed by atoms with Gasteiger partial charge in [-0.3, -0.25) is 19.2 Å². The summed E-state index contributed by atoms with van der Waals surface area (Å²) in [6, 6.07) is 17.8. The number of carbonyl (C=O) groups is 4. The first kappa shape index (κ1) is 22.2. The van der Waals surface area contributed by atoms with E-state index in [0.717, 1.165) is 4.90 Å². The van der Waals surface area contributed by atoms with Crippen LogP contribution < -0.4 is 4.90 Å². The maximum absolute atomic E-state index is 13.9. The molecule has 3 aliphatic rings. The van der Waals surface area contributed by atoms with Crippen molar-refractivity contribution in [3.8, 4) is 0 Å². The van der Waals surface area contributed by atoms with Gasteiger partial charge in [0.2, 0.25) is 29.0 Å². The van der Waals surface area contributed by atoms with Crippen LogP contribution in [0.3, 0.4) is 0 Å². The van der Waals surface area contributed by atoms with Crippen molar-refractivity contribution in [3.63, 3.8) is 0 Å². The van der Waals surface area contributed by atoms with Crippen LogP contribution in [-0.2, 0) is 14.3 Å². The molecule has 2 amide bonds. The van der Waals surface area contributed by atoms with Gasteiger partial charge in [-0.1, -0.05) is 59.6 Å². The van der Waals surface area contributed by atoms with Crippen LogP contribution in [0.15, 0.2) is 66.7 Å². The largest absolute Gasteiger partial charge is 0.349 e. The van der Waals surface area contributed by atoms with Gasteiger partial charge in [-0.2, -0.15) is 0 Å². The first-order chi connectivity index (χ1) is 16.8. The van der Waals surface area contributed by atoms with Crippen molar-refractivity contribution < 1.29 is 23.9 Å². The van der Waals surface area contributed by atoms with Crippen molar-refractivity contribution in [2.24, 2.45) is 11.8 Å². The third-order valence-electron chi connectivity index (χ3n) is 7.22. The molecule has 2 saturated heterocycles. The molecule has 8 heteroatoms. The summed E-state index contributed by atoms with van der Waals surface area (Å²) in [5.41, 5.74) is -0.238. The summed E-state index contributed by atoms with van der Waals surface area (Å²) in [7, 11) is 0. The Kier molecular flexibility index (Phi) is 4.81. The predicted octanol–water partition coefficient (Wildman–Crippen LogP) is 5.00. The Morgan fingerprint density at radius 2 is 1.43 bits per heavy atom. The van der Waals surface area contributed by atoms with E-state index in [0.29, 0.717) is 26.9 Å². The number of Topliss-reactive ketones (excluding diaryl/α,β-unsaturated/α-hetero) is 2. The third kappa shape index (κ3) is 2.82. The summed E-state index contributed by atoms with van der Waals surface area (Å²) in [6.07, 6.45) is -1.02. The molecule has 3 aromatic carbocycles. The monoisotopic (exact) mass is 505 g/mol. The van der Waals surface area contributed by atoms with E-state index in [9.17, 15) is 19.2 Å². The number of halogens is 2. The topological polar surface area (TPSA) is 80.8 Å². The highest BCUT2D eigenvalue weighted by molar-refractivity contribution is 6.37. The van der Waals surface area contributed by atoms with Crippen LogP contribution in [0.2, 0.25) is 10.0 Å². The fourth-order valence-electron chi connectivity index (χ4n) is 5.58. The number of anilines is 1. The molecule has 0 bridgehead atoms. The smallest absolute Gasteiger partial charge is 0.241 e. The highest BCUT2D eigenvalue weighted by Gasteiger charge is 2.74. The van der Waals surface area contributed by atoms with E-state index in [4.69, 9.17) is 27.9 Å². The number of benzene rings is 3. The summed E-state index contributed by atoms with van der Waals surface area (Å²) in [6.45, 7) is 1.77. The molecule has 2 heterocycles. The normalized spacial score (nSPS) is 24.4. The van der Waals surface area contributed by atoms with Crippen LogP contribution in [0.1, 0.15) is 37.9 Å². The van der Waals surface area contributed by atoms with Gasteiger partial charge in [0.15, 0.2) is 0 Å². The number of amides is 2. The van der Waals surface area contributed by atoms with Gasteiger partial charge < -0.3 is 4.74 Å². The molecule has 2 fully saturated rings. The summed E-state index contributed by atoms with van der Waals surface area (Å²) in [4.78, 5) is 56.3. The molecule has 0 N–H and O–H groups in total. The van der Waals surface area contributed by atoms with Gasteiger partial charge in [0, 0.05) is 21.2 Å². The van der Waals surface area contributed by atoms with E-state index in [1.807, 2.05) is 0 Å². The van der Waals surface area contributed by atoms with Gasteiger partial charge in [-0.05, 0) is 48.4 Å². The molecule has 0 saturated carbocycles. The number of carbonyl (C=O) groups excluding carboxylic acids is 4. The minimum atomic E-state index is -2.12. The number of ketones is 2. The number of hydrogen-bond donors (Lipinski definition) is 0. The molecule has 1 spiro atoms. The number of fused-ring (bicyclic) bond motifs is 3. The Bertz CT molecular complexity index is 1430. The molecule has 0 unspecified atom stereocenters. The molecule has 6 nitrogen and oxygen atoms in total. The molecule has 0 radical (unpaired) electrons. The minimum absolute atomic E-state index is 0.185. The molecule has 2 aliphatic heterocycles. The standard InChI is InChI=1S/C27H17Cl2NO5/c1-13-16(7-4-8-19(13)29)22-20-21(26(34)30(25(20)33)15-11-9-14(28)10-12-15)27(35-22)23(31)17-5-2-3-6-18(17)24(27)32/h2-12,20-22H,1H3/t20-,21-,22-/m0/s1. The Morgan fingerprint density at radius 3 is 2.06 bits per heavy atom. The van der Waals surface area contributed by atoms with Gasteiger partial charge in [-0.15, -0.1) is 0 Å². The molecule has 3 atom stereocenters. The molecule has 1 aliphatic carbocycles. The zero-order valence-corrected chi connectivity index (χ0v) is 19.8. The molecular formula is C27H17Cl2NO5. The second kappa shape index (κ2) is 7.59. The Balaban J connectivity index is 1.57. The van der Waals surface area contributed by atoms with Crippen LogP contribution in [0, 0.1) is 18.8 Å². The lowest BCUT2D eigenvalue weighted by Crippen LogP contribution is -2.51. The number of imide groups is 1. The van der Waals surface area contributed by atoms with E-state index >= 15 is 0 Å². The Morgan fingerprint density at radius 1 is 0.800 bits per heavy atom. The van der Waals surface area contributed by atoms with Gasteiger partial charge in [0.05, 0.1) is 23.6 Å². The van der Waals surface area contributed by atoms with Crippen molar-refractivity contribution in [1.82, 2.24) is 0 Å². The van der Waals surface area contributed by atoms with Crippen LogP contribution >= 0.6 is 23.2 Å². The van der Waals surface area contributed by atoms with Gasteiger partial charge in [-0.25, -0.2) is 4.90 Å². The molecule has 3 aromatic rings. The SMILES string of the molecule is Cc1c(Cl)cccc1[C@@H]1OC2(C(=O)c3ccccc3C2=O)[C@@H]2C(=O)N(c3ccc(Cl)cc3)C(=O)[C@@H]21. The number of hydrogen-bond acceptors (Lipinski definition) is 5. The average Bonchev–Trinajstić information content (AvgIpc) is 3.42. The molecule has 6 rings (SSSR count). The predicted molar refractivity (Wildman–Crippen MR) is 129 cm³/mol. The quantitative estimate of drug-likeness (QED) is 0.361.